The first kappa shape index (κ1) is 51.4. The minimum Gasteiger partial charge on any atom is -0.462 e. The van der Waals surface area contributed by atoms with Gasteiger partial charge in [-0.3, -0.25) is 14.4 Å². The molecular formula is C47H90O6. The Morgan fingerprint density at radius 2 is 0.623 bits per heavy atom. The summed E-state index contributed by atoms with van der Waals surface area (Å²) in [5.41, 5.74) is 0. The first-order chi connectivity index (χ1) is 25.9. The molecule has 0 aliphatic carbocycles. The third kappa shape index (κ3) is 41.4. The highest BCUT2D eigenvalue weighted by Gasteiger charge is 2.19. The van der Waals surface area contributed by atoms with Crippen molar-refractivity contribution in [2.45, 2.75) is 265 Å². The van der Waals surface area contributed by atoms with Gasteiger partial charge in [0, 0.05) is 19.3 Å². The molecule has 53 heavy (non-hydrogen) atoms. The zero-order valence-electron chi connectivity index (χ0n) is 36.0. The molecule has 314 valence electrons. The van der Waals surface area contributed by atoms with E-state index < -0.39 is 6.10 Å². The molecule has 0 radical (unpaired) electrons. The summed E-state index contributed by atoms with van der Waals surface area (Å²) in [6.45, 7) is 8.94. The molecule has 6 nitrogen and oxygen atoms in total. The standard InChI is InChI=1S/C47H90O6/c1-5-7-9-11-13-15-16-17-18-19-20-21-23-26-30-34-38-45(48)51-41-44(53-47(50)40-36-32-27-22-14-12-10-8-6-2)42-52-46(49)39-35-31-28-24-25-29-33-37-43(3)4/h43-44H,5-42H2,1-4H3/t44-/m1/s1. The van der Waals surface area contributed by atoms with Gasteiger partial charge >= 0.3 is 17.9 Å². The molecule has 0 aliphatic rings. The Balaban J connectivity index is 4.25. The molecule has 0 unspecified atom stereocenters. The van der Waals surface area contributed by atoms with Crippen LogP contribution in [0.2, 0.25) is 0 Å². The largest absolute Gasteiger partial charge is 0.462 e. The van der Waals surface area contributed by atoms with E-state index in [0.717, 1.165) is 63.7 Å². The van der Waals surface area contributed by atoms with Gasteiger partial charge in [-0.2, -0.15) is 0 Å². The molecule has 0 aromatic rings. The van der Waals surface area contributed by atoms with Crippen LogP contribution in [0.4, 0.5) is 0 Å². The van der Waals surface area contributed by atoms with Gasteiger partial charge in [0.1, 0.15) is 13.2 Å². The van der Waals surface area contributed by atoms with Crippen molar-refractivity contribution in [1.29, 1.82) is 0 Å². The maximum Gasteiger partial charge on any atom is 0.306 e. The second kappa shape index (κ2) is 41.6. The molecule has 0 aromatic carbocycles. The molecular weight excluding hydrogens is 661 g/mol. The van der Waals surface area contributed by atoms with Crippen LogP contribution in [0, 0.1) is 5.92 Å². The van der Waals surface area contributed by atoms with Gasteiger partial charge in [-0.1, -0.05) is 220 Å². The lowest BCUT2D eigenvalue weighted by Gasteiger charge is -2.18. The Morgan fingerprint density at radius 1 is 0.358 bits per heavy atom. The van der Waals surface area contributed by atoms with E-state index in [0.29, 0.717) is 19.3 Å². The average Bonchev–Trinajstić information content (AvgIpc) is 3.14. The van der Waals surface area contributed by atoms with E-state index in [1.165, 1.54) is 154 Å². The third-order valence-electron chi connectivity index (χ3n) is 10.5. The zero-order chi connectivity index (χ0) is 38.9. The van der Waals surface area contributed by atoms with E-state index in [2.05, 4.69) is 27.7 Å². The maximum absolute atomic E-state index is 12.7. The van der Waals surface area contributed by atoms with E-state index in [1.54, 1.807) is 0 Å². The predicted octanol–water partition coefficient (Wildman–Crippen LogP) is 14.7. The molecule has 0 N–H and O–H groups in total. The second-order valence-electron chi connectivity index (χ2n) is 16.5. The van der Waals surface area contributed by atoms with Crippen LogP contribution in [0.25, 0.3) is 0 Å². The molecule has 0 spiro atoms. The molecule has 0 heterocycles. The molecule has 0 fully saturated rings. The Bertz CT molecular complexity index is 796. The van der Waals surface area contributed by atoms with Crippen molar-refractivity contribution in [3.8, 4) is 0 Å². The van der Waals surface area contributed by atoms with Crippen molar-refractivity contribution in [1.82, 2.24) is 0 Å². The lowest BCUT2D eigenvalue weighted by atomic mass is 10.0. The van der Waals surface area contributed by atoms with E-state index in [-0.39, 0.29) is 31.1 Å². The van der Waals surface area contributed by atoms with Gasteiger partial charge in [0.2, 0.25) is 0 Å². The number of esters is 3. The van der Waals surface area contributed by atoms with Crippen molar-refractivity contribution in [2.24, 2.45) is 5.92 Å². The van der Waals surface area contributed by atoms with Crippen molar-refractivity contribution < 1.29 is 28.6 Å². The van der Waals surface area contributed by atoms with Gasteiger partial charge in [0.05, 0.1) is 0 Å². The van der Waals surface area contributed by atoms with E-state index in [9.17, 15) is 14.4 Å². The predicted molar refractivity (Wildman–Crippen MR) is 224 cm³/mol. The molecule has 0 aromatic heterocycles. The Kier molecular flexibility index (Phi) is 40.3. The lowest BCUT2D eigenvalue weighted by Crippen LogP contribution is -2.30. The van der Waals surface area contributed by atoms with Crippen LogP contribution in [0.1, 0.15) is 259 Å². The van der Waals surface area contributed by atoms with E-state index in [4.69, 9.17) is 14.2 Å². The summed E-state index contributed by atoms with van der Waals surface area (Å²) in [6, 6.07) is 0. The fraction of sp³-hybridized carbons (Fsp3) is 0.936. The Morgan fingerprint density at radius 3 is 0.925 bits per heavy atom. The molecule has 0 rings (SSSR count). The van der Waals surface area contributed by atoms with Crippen LogP contribution in [0.15, 0.2) is 0 Å². The van der Waals surface area contributed by atoms with E-state index in [1.807, 2.05) is 0 Å². The smallest absolute Gasteiger partial charge is 0.306 e. The number of ether oxygens (including phenoxy) is 3. The summed E-state index contributed by atoms with van der Waals surface area (Å²) in [5.74, 6) is -0.0759. The number of rotatable bonds is 42. The number of hydrogen-bond acceptors (Lipinski definition) is 6. The van der Waals surface area contributed by atoms with Crippen molar-refractivity contribution >= 4 is 17.9 Å². The first-order valence-electron chi connectivity index (χ1n) is 23.4. The highest BCUT2D eigenvalue weighted by molar-refractivity contribution is 5.71. The van der Waals surface area contributed by atoms with Crippen LogP contribution in [0.3, 0.4) is 0 Å². The summed E-state index contributed by atoms with van der Waals surface area (Å²) in [5, 5.41) is 0. The molecule has 1 atom stereocenters. The Hall–Kier alpha value is -1.59. The summed E-state index contributed by atoms with van der Waals surface area (Å²) in [6.07, 6.45) is 41.0. The SMILES string of the molecule is CCCCCCCCCCCCCCCCCCC(=O)OC[C@H](COC(=O)CCCCCCCCCC(C)C)OC(=O)CCCCCCCCCCC. The van der Waals surface area contributed by atoms with Crippen molar-refractivity contribution in [3.05, 3.63) is 0 Å². The molecule has 0 saturated heterocycles. The van der Waals surface area contributed by atoms with Gasteiger partial charge in [0.15, 0.2) is 6.10 Å². The molecule has 6 heteroatoms. The van der Waals surface area contributed by atoms with Crippen LogP contribution in [-0.4, -0.2) is 37.2 Å². The first-order valence-corrected chi connectivity index (χ1v) is 23.4. The Labute approximate surface area is 329 Å². The minimum absolute atomic E-state index is 0.0642. The maximum atomic E-state index is 12.7. The number of carbonyl (C=O) groups is 3. The summed E-state index contributed by atoms with van der Waals surface area (Å²) < 4.78 is 16.7. The summed E-state index contributed by atoms with van der Waals surface area (Å²) in [7, 11) is 0. The monoisotopic (exact) mass is 751 g/mol. The van der Waals surface area contributed by atoms with Gasteiger partial charge < -0.3 is 14.2 Å². The fourth-order valence-electron chi connectivity index (χ4n) is 6.98. The number of unbranched alkanes of at least 4 members (excludes halogenated alkanes) is 29. The van der Waals surface area contributed by atoms with Crippen LogP contribution in [-0.2, 0) is 28.6 Å². The number of hydrogen-bond donors (Lipinski definition) is 0. The van der Waals surface area contributed by atoms with Gasteiger partial charge in [-0.15, -0.1) is 0 Å². The molecule has 0 aliphatic heterocycles. The molecule has 0 bridgehead atoms. The second-order valence-corrected chi connectivity index (χ2v) is 16.5. The number of carbonyl (C=O) groups excluding carboxylic acids is 3. The van der Waals surface area contributed by atoms with Gasteiger partial charge in [-0.05, 0) is 25.2 Å². The topological polar surface area (TPSA) is 78.9 Å². The van der Waals surface area contributed by atoms with Gasteiger partial charge in [0.25, 0.3) is 0 Å². The van der Waals surface area contributed by atoms with Crippen molar-refractivity contribution in [2.75, 3.05) is 13.2 Å². The lowest BCUT2D eigenvalue weighted by molar-refractivity contribution is -0.167. The quantitative estimate of drug-likeness (QED) is 0.0351. The normalized spacial score (nSPS) is 11.9. The van der Waals surface area contributed by atoms with Crippen LogP contribution >= 0.6 is 0 Å². The summed E-state index contributed by atoms with van der Waals surface area (Å²) in [4.78, 5) is 37.6. The highest BCUT2D eigenvalue weighted by atomic mass is 16.6. The van der Waals surface area contributed by atoms with Crippen LogP contribution < -0.4 is 0 Å². The molecule has 0 amide bonds. The van der Waals surface area contributed by atoms with Gasteiger partial charge in [-0.25, -0.2) is 0 Å². The van der Waals surface area contributed by atoms with Crippen LogP contribution in [0.5, 0.6) is 0 Å². The fourth-order valence-corrected chi connectivity index (χ4v) is 6.98. The summed E-state index contributed by atoms with van der Waals surface area (Å²) >= 11 is 0. The minimum atomic E-state index is -0.759. The van der Waals surface area contributed by atoms with E-state index >= 15 is 0 Å². The molecule has 0 saturated carbocycles. The zero-order valence-corrected chi connectivity index (χ0v) is 36.0. The highest BCUT2D eigenvalue weighted by Crippen LogP contribution is 2.16. The van der Waals surface area contributed by atoms with Crippen molar-refractivity contribution in [3.63, 3.8) is 0 Å². The third-order valence-corrected chi connectivity index (χ3v) is 10.5. The average molecular weight is 751 g/mol.